The van der Waals surface area contributed by atoms with Gasteiger partial charge >= 0.3 is 5.97 Å². The first kappa shape index (κ1) is 18.1. The first-order valence-electron chi connectivity index (χ1n) is 8.14. The number of hydrogen-bond donors (Lipinski definition) is 3. The summed E-state index contributed by atoms with van der Waals surface area (Å²) in [4.78, 5) is 30.5. The van der Waals surface area contributed by atoms with Gasteiger partial charge in [0.1, 0.15) is 10.6 Å². The second-order valence-electron chi connectivity index (χ2n) is 5.81. The van der Waals surface area contributed by atoms with Crippen molar-refractivity contribution in [2.45, 2.75) is 25.8 Å². The van der Waals surface area contributed by atoms with E-state index in [1.54, 1.807) is 7.11 Å². The number of aromatic nitrogens is 2. The first-order valence-corrected chi connectivity index (χ1v) is 8.96. The normalized spacial score (nSPS) is 12.4. The zero-order valence-corrected chi connectivity index (χ0v) is 15.1. The molecule has 136 valence electrons. The number of aromatic amines is 1. The van der Waals surface area contributed by atoms with E-state index in [4.69, 9.17) is 15.6 Å². The summed E-state index contributed by atoms with van der Waals surface area (Å²) in [7, 11) is 1.65. The van der Waals surface area contributed by atoms with Crippen molar-refractivity contribution >= 4 is 27.5 Å². The van der Waals surface area contributed by atoms with Crippen molar-refractivity contribution in [3.05, 3.63) is 56.4 Å². The van der Waals surface area contributed by atoms with E-state index in [0.717, 1.165) is 36.1 Å². The molecule has 3 aromatic rings. The maximum absolute atomic E-state index is 11.8. The first-order chi connectivity index (χ1) is 12.5. The number of carboxylic acid groups (broad SMARTS) is 1. The Balaban J connectivity index is 0.000000170. The lowest BCUT2D eigenvalue weighted by Crippen LogP contribution is -2.15. The predicted molar refractivity (Wildman–Crippen MR) is 100 cm³/mol. The Morgan fingerprint density at radius 3 is 2.92 bits per heavy atom. The fraction of sp³-hybridized carbons (Fsp3) is 0.278. The topological polar surface area (TPSA) is 118 Å². The van der Waals surface area contributed by atoms with Gasteiger partial charge in [0.15, 0.2) is 0 Å². The van der Waals surface area contributed by atoms with Gasteiger partial charge in [0, 0.05) is 11.4 Å². The van der Waals surface area contributed by atoms with E-state index in [9.17, 15) is 9.59 Å². The molecular formula is C18H19N3O4S. The van der Waals surface area contributed by atoms with E-state index >= 15 is 0 Å². The highest BCUT2D eigenvalue weighted by molar-refractivity contribution is 7.18. The molecule has 1 aromatic carbocycles. The van der Waals surface area contributed by atoms with Crippen molar-refractivity contribution in [3.63, 3.8) is 0 Å². The molecule has 0 fully saturated rings. The Labute approximate surface area is 153 Å². The molecule has 0 aliphatic heterocycles. The van der Waals surface area contributed by atoms with Crippen molar-refractivity contribution < 1.29 is 14.6 Å². The minimum atomic E-state index is -1.20. The number of nitrogens with one attached hydrogen (secondary N) is 1. The van der Waals surface area contributed by atoms with E-state index in [1.807, 2.05) is 24.3 Å². The monoisotopic (exact) mass is 373 g/mol. The zero-order chi connectivity index (χ0) is 18.7. The van der Waals surface area contributed by atoms with Gasteiger partial charge in [-0.2, -0.15) is 0 Å². The minimum absolute atomic E-state index is 0.280. The van der Waals surface area contributed by atoms with Crippen LogP contribution in [-0.4, -0.2) is 28.2 Å². The number of rotatable bonds is 3. The summed E-state index contributed by atoms with van der Waals surface area (Å²) in [6.45, 7) is 0.567. The number of nitrogens with two attached hydrogens (primary N) is 1. The molecule has 4 rings (SSSR count). The van der Waals surface area contributed by atoms with Gasteiger partial charge in [0.05, 0.1) is 12.5 Å². The molecule has 2 heterocycles. The van der Waals surface area contributed by atoms with Crippen LogP contribution < -0.4 is 16.0 Å². The molecule has 8 heteroatoms. The molecular weight excluding hydrogens is 354 g/mol. The molecule has 0 atom stereocenters. The Morgan fingerprint density at radius 2 is 2.23 bits per heavy atom. The van der Waals surface area contributed by atoms with E-state index in [1.165, 1.54) is 16.2 Å². The highest BCUT2D eigenvalue weighted by Gasteiger charge is 2.22. The molecule has 2 aromatic heterocycles. The molecule has 0 unspecified atom stereocenters. The number of aromatic carboxylic acids is 1. The lowest BCUT2D eigenvalue weighted by molar-refractivity contribution is 0.0683. The maximum atomic E-state index is 11.8. The third-order valence-electron chi connectivity index (χ3n) is 4.15. The molecule has 7 nitrogen and oxygen atoms in total. The van der Waals surface area contributed by atoms with Gasteiger partial charge in [-0.3, -0.25) is 4.79 Å². The molecule has 0 bridgehead atoms. The average molecular weight is 373 g/mol. The number of carboxylic acids is 1. The molecule has 0 spiro atoms. The second-order valence-corrected chi connectivity index (χ2v) is 6.90. The van der Waals surface area contributed by atoms with Gasteiger partial charge in [0.25, 0.3) is 5.56 Å². The molecule has 0 saturated carbocycles. The number of hydrogen-bond acceptors (Lipinski definition) is 6. The van der Waals surface area contributed by atoms with Crippen molar-refractivity contribution in [1.82, 2.24) is 9.97 Å². The van der Waals surface area contributed by atoms with Crippen LogP contribution in [0, 0.1) is 0 Å². The van der Waals surface area contributed by atoms with Crippen molar-refractivity contribution in [2.24, 2.45) is 5.73 Å². The number of carbonyl (C=O) groups is 1. The maximum Gasteiger partial charge on any atom is 0.372 e. The van der Waals surface area contributed by atoms with Crippen molar-refractivity contribution in [1.29, 1.82) is 0 Å². The minimum Gasteiger partial charge on any atom is -0.497 e. The van der Waals surface area contributed by atoms with Crippen LogP contribution in [0.3, 0.4) is 0 Å². The number of aryl methyl sites for hydroxylation is 2. The smallest absolute Gasteiger partial charge is 0.372 e. The number of nitrogens with zero attached hydrogens (tertiary/aromatic N) is 1. The fourth-order valence-corrected chi connectivity index (χ4v) is 4.17. The van der Waals surface area contributed by atoms with Crippen LogP contribution in [0.15, 0.2) is 29.1 Å². The summed E-state index contributed by atoms with van der Waals surface area (Å²) in [5, 5.41) is 9.37. The van der Waals surface area contributed by atoms with Crippen LogP contribution in [0.4, 0.5) is 0 Å². The SMILES string of the molecule is COc1cccc(CN)c1.O=C(O)c1nc2sc3c(c2c(=O)[nH]1)CCC3. The van der Waals surface area contributed by atoms with Crippen molar-refractivity contribution in [2.75, 3.05) is 7.11 Å². The van der Waals surface area contributed by atoms with Gasteiger partial charge in [-0.1, -0.05) is 12.1 Å². The lowest BCUT2D eigenvalue weighted by Gasteiger charge is -2.00. The van der Waals surface area contributed by atoms with Gasteiger partial charge in [-0.05, 0) is 42.5 Å². The number of methoxy groups -OCH3 is 1. The summed E-state index contributed by atoms with van der Waals surface area (Å²) in [6.07, 6.45) is 2.93. The quantitative estimate of drug-likeness (QED) is 0.648. The second kappa shape index (κ2) is 7.67. The van der Waals surface area contributed by atoms with Gasteiger partial charge in [0.2, 0.25) is 5.82 Å². The van der Waals surface area contributed by atoms with Gasteiger partial charge in [-0.15, -0.1) is 11.3 Å². The number of fused-ring (bicyclic) bond motifs is 3. The highest BCUT2D eigenvalue weighted by atomic mass is 32.1. The lowest BCUT2D eigenvalue weighted by atomic mass is 10.2. The predicted octanol–water partition coefficient (Wildman–Crippen LogP) is 2.33. The van der Waals surface area contributed by atoms with Crippen LogP contribution in [0.25, 0.3) is 10.2 Å². The number of H-pyrrole nitrogens is 1. The molecule has 26 heavy (non-hydrogen) atoms. The summed E-state index contributed by atoms with van der Waals surface area (Å²) in [6, 6.07) is 7.74. The fourth-order valence-electron chi connectivity index (χ4n) is 2.90. The van der Waals surface area contributed by atoms with E-state index in [2.05, 4.69) is 9.97 Å². The standard InChI is InChI=1S/C10H8N2O3S.C8H11NO/c13-8-6-4-2-1-3-5(4)16-9(6)12-7(11-8)10(14)15;1-10-8-4-2-3-7(5-8)6-9/h1-3H2,(H,14,15)(H,11,12,13);2-5H,6,9H2,1H3. The summed E-state index contributed by atoms with van der Waals surface area (Å²) in [5.41, 5.74) is 7.24. The zero-order valence-electron chi connectivity index (χ0n) is 14.2. The molecule has 4 N–H and O–H groups in total. The Hall–Kier alpha value is -2.71. The van der Waals surface area contributed by atoms with Crippen LogP contribution in [0.5, 0.6) is 5.75 Å². The van der Waals surface area contributed by atoms with Crippen LogP contribution >= 0.6 is 11.3 Å². The van der Waals surface area contributed by atoms with E-state index in [0.29, 0.717) is 16.8 Å². The third kappa shape index (κ3) is 3.61. The summed E-state index contributed by atoms with van der Waals surface area (Å²) >= 11 is 1.44. The molecule has 1 aliphatic rings. The average Bonchev–Trinajstić information content (AvgIpc) is 3.22. The Morgan fingerprint density at radius 1 is 1.42 bits per heavy atom. The van der Waals surface area contributed by atoms with Gasteiger partial charge in [-0.25, -0.2) is 9.78 Å². The molecule has 0 saturated heterocycles. The molecule has 0 radical (unpaired) electrons. The summed E-state index contributed by atoms with van der Waals surface area (Å²) < 4.78 is 5.00. The highest BCUT2D eigenvalue weighted by Crippen LogP contribution is 2.34. The van der Waals surface area contributed by atoms with Crippen molar-refractivity contribution in [3.8, 4) is 5.75 Å². The number of benzene rings is 1. The van der Waals surface area contributed by atoms with Crippen LogP contribution in [0.1, 0.15) is 33.0 Å². The largest absolute Gasteiger partial charge is 0.497 e. The molecule has 0 amide bonds. The Bertz CT molecular complexity index is 990. The third-order valence-corrected chi connectivity index (χ3v) is 5.33. The Kier molecular flexibility index (Phi) is 5.34. The van der Waals surface area contributed by atoms with E-state index in [-0.39, 0.29) is 11.4 Å². The van der Waals surface area contributed by atoms with Gasteiger partial charge < -0.3 is 20.6 Å². The number of ether oxygens (including phenoxy) is 1. The van der Waals surface area contributed by atoms with E-state index < -0.39 is 5.97 Å². The van der Waals surface area contributed by atoms with Crippen LogP contribution in [-0.2, 0) is 19.4 Å². The summed E-state index contributed by atoms with van der Waals surface area (Å²) in [5.74, 6) is -0.618. The number of thiophene rings is 1. The molecule has 1 aliphatic carbocycles. The van der Waals surface area contributed by atoms with Crippen LogP contribution in [0.2, 0.25) is 0 Å².